The van der Waals surface area contributed by atoms with E-state index in [1.807, 2.05) is 43.3 Å². The zero-order valence-electron chi connectivity index (χ0n) is 13.5. The number of amides is 2. The summed E-state index contributed by atoms with van der Waals surface area (Å²) in [6.45, 7) is 1.79. The SMILES string of the molecule is Cc1cc(Br)ccc1NC(=O)CNC(=O)c1cccc2cccnc12. The molecular formula is C19H16BrN3O2. The third-order valence-electron chi connectivity index (χ3n) is 3.75. The van der Waals surface area contributed by atoms with E-state index >= 15 is 0 Å². The van der Waals surface area contributed by atoms with E-state index in [0.717, 1.165) is 15.4 Å². The predicted octanol–water partition coefficient (Wildman–Crippen LogP) is 3.67. The largest absolute Gasteiger partial charge is 0.343 e. The van der Waals surface area contributed by atoms with Crippen LogP contribution in [0.4, 0.5) is 5.69 Å². The molecule has 0 aliphatic heterocycles. The van der Waals surface area contributed by atoms with E-state index in [1.165, 1.54) is 0 Å². The number of anilines is 1. The summed E-state index contributed by atoms with van der Waals surface area (Å²) in [6, 6.07) is 14.7. The van der Waals surface area contributed by atoms with Gasteiger partial charge in [0.2, 0.25) is 5.91 Å². The standard InChI is InChI=1S/C19H16BrN3O2/c1-12-10-14(20)7-8-16(12)23-17(24)11-22-19(25)15-6-2-4-13-5-3-9-21-18(13)15/h2-10H,11H2,1H3,(H,22,25)(H,23,24). The van der Waals surface area contributed by atoms with Gasteiger partial charge in [0.15, 0.2) is 0 Å². The number of aryl methyl sites for hydroxylation is 1. The van der Waals surface area contributed by atoms with Crippen molar-refractivity contribution in [3.63, 3.8) is 0 Å². The minimum atomic E-state index is -0.327. The molecule has 5 nitrogen and oxygen atoms in total. The Morgan fingerprint density at radius 3 is 2.72 bits per heavy atom. The van der Waals surface area contributed by atoms with Gasteiger partial charge in [-0.15, -0.1) is 0 Å². The highest BCUT2D eigenvalue weighted by molar-refractivity contribution is 9.10. The molecule has 2 N–H and O–H groups in total. The van der Waals surface area contributed by atoms with E-state index in [1.54, 1.807) is 18.3 Å². The van der Waals surface area contributed by atoms with Crippen LogP contribution in [-0.2, 0) is 4.79 Å². The van der Waals surface area contributed by atoms with Gasteiger partial charge >= 0.3 is 0 Å². The fraction of sp³-hybridized carbons (Fsp3) is 0.105. The number of aromatic nitrogens is 1. The second-order valence-electron chi connectivity index (χ2n) is 5.57. The lowest BCUT2D eigenvalue weighted by atomic mass is 10.1. The van der Waals surface area contributed by atoms with Crippen molar-refractivity contribution < 1.29 is 9.59 Å². The van der Waals surface area contributed by atoms with Crippen molar-refractivity contribution >= 4 is 44.3 Å². The molecule has 0 aliphatic carbocycles. The molecule has 2 amide bonds. The summed E-state index contributed by atoms with van der Waals surface area (Å²) < 4.78 is 0.944. The van der Waals surface area contributed by atoms with Crippen LogP contribution in [0.2, 0.25) is 0 Å². The number of fused-ring (bicyclic) bond motifs is 1. The molecule has 0 unspecified atom stereocenters. The molecule has 1 aromatic heterocycles. The van der Waals surface area contributed by atoms with E-state index in [-0.39, 0.29) is 18.4 Å². The molecule has 0 spiro atoms. The van der Waals surface area contributed by atoms with Crippen LogP contribution in [0.1, 0.15) is 15.9 Å². The van der Waals surface area contributed by atoms with Gasteiger partial charge in [0.25, 0.3) is 5.91 Å². The molecule has 0 atom stereocenters. The number of pyridine rings is 1. The van der Waals surface area contributed by atoms with Crippen LogP contribution in [0.5, 0.6) is 0 Å². The molecule has 0 saturated carbocycles. The molecule has 2 aromatic carbocycles. The summed E-state index contributed by atoms with van der Waals surface area (Å²) in [4.78, 5) is 28.7. The van der Waals surface area contributed by atoms with Gasteiger partial charge in [-0.2, -0.15) is 0 Å². The number of nitrogens with one attached hydrogen (secondary N) is 2. The molecule has 3 rings (SSSR count). The van der Waals surface area contributed by atoms with E-state index in [2.05, 4.69) is 31.5 Å². The lowest BCUT2D eigenvalue weighted by Crippen LogP contribution is -2.33. The van der Waals surface area contributed by atoms with Crippen LogP contribution in [0.3, 0.4) is 0 Å². The van der Waals surface area contributed by atoms with Crippen molar-refractivity contribution in [1.29, 1.82) is 0 Å². The van der Waals surface area contributed by atoms with Crippen LogP contribution in [0.25, 0.3) is 10.9 Å². The first-order valence-electron chi connectivity index (χ1n) is 7.72. The molecule has 126 valence electrons. The number of hydrogen-bond donors (Lipinski definition) is 2. The Kier molecular flexibility index (Phi) is 5.09. The topological polar surface area (TPSA) is 71.1 Å². The number of benzene rings is 2. The third kappa shape index (κ3) is 4.03. The van der Waals surface area contributed by atoms with E-state index in [0.29, 0.717) is 16.8 Å². The first-order chi connectivity index (χ1) is 12.0. The lowest BCUT2D eigenvalue weighted by Gasteiger charge is -2.10. The highest BCUT2D eigenvalue weighted by atomic mass is 79.9. The fourth-order valence-corrected chi connectivity index (χ4v) is 2.98. The van der Waals surface area contributed by atoms with Gasteiger partial charge in [0.05, 0.1) is 17.6 Å². The Morgan fingerprint density at radius 1 is 1.12 bits per heavy atom. The molecule has 25 heavy (non-hydrogen) atoms. The van der Waals surface area contributed by atoms with Crippen LogP contribution in [-0.4, -0.2) is 23.3 Å². The number of carbonyl (C=O) groups is 2. The molecule has 0 bridgehead atoms. The minimum Gasteiger partial charge on any atom is -0.343 e. The zero-order chi connectivity index (χ0) is 17.8. The van der Waals surface area contributed by atoms with Crippen LogP contribution >= 0.6 is 15.9 Å². The predicted molar refractivity (Wildman–Crippen MR) is 102 cm³/mol. The number of carbonyl (C=O) groups excluding carboxylic acids is 2. The second kappa shape index (κ2) is 7.44. The first kappa shape index (κ1) is 17.1. The molecule has 0 saturated heterocycles. The monoisotopic (exact) mass is 397 g/mol. The average Bonchev–Trinajstić information content (AvgIpc) is 2.61. The summed E-state index contributed by atoms with van der Waals surface area (Å²) in [5.74, 6) is -0.612. The first-order valence-corrected chi connectivity index (χ1v) is 8.52. The fourth-order valence-electron chi connectivity index (χ4n) is 2.50. The van der Waals surface area contributed by atoms with Crippen LogP contribution in [0.15, 0.2) is 59.2 Å². The second-order valence-corrected chi connectivity index (χ2v) is 6.49. The summed E-state index contributed by atoms with van der Waals surface area (Å²) in [5.41, 5.74) is 2.72. The van der Waals surface area contributed by atoms with Gasteiger partial charge < -0.3 is 10.6 Å². The average molecular weight is 398 g/mol. The number of rotatable bonds is 4. The van der Waals surface area contributed by atoms with Crippen molar-refractivity contribution in [3.05, 3.63) is 70.3 Å². The Labute approximate surface area is 153 Å². The van der Waals surface area contributed by atoms with Crippen LogP contribution < -0.4 is 10.6 Å². The van der Waals surface area contributed by atoms with Gasteiger partial charge in [-0.3, -0.25) is 14.6 Å². The molecular weight excluding hydrogens is 382 g/mol. The summed E-state index contributed by atoms with van der Waals surface area (Å²) in [5, 5.41) is 6.31. The van der Waals surface area contributed by atoms with Crippen LogP contribution in [0, 0.1) is 6.92 Å². The van der Waals surface area contributed by atoms with Gasteiger partial charge in [-0.25, -0.2) is 0 Å². The number of nitrogens with zero attached hydrogens (tertiary/aromatic N) is 1. The highest BCUT2D eigenvalue weighted by Crippen LogP contribution is 2.20. The highest BCUT2D eigenvalue weighted by Gasteiger charge is 2.12. The van der Waals surface area contributed by atoms with Crippen molar-refractivity contribution in [1.82, 2.24) is 10.3 Å². The molecule has 0 radical (unpaired) electrons. The van der Waals surface area contributed by atoms with Crippen molar-refractivity contribution in [2.45, 2.75) is 6.92 Å². The van der Waals surface area contributed by atoms with Gasteiger partial charge in [0, 0.05) is 21.7 Å². The normalized spacial score (nSPS) is 10.5. The van der Waals surface area contributed by atoms with E-state index in [9.17, 15) is 9.59 Å². The van der Waals surface area contributed by atoms with Gasteiger partial charge in [0.1, 0.15) is 0 Å². The van der Waals surface area contributed by atoms with Gasteiger partial charge in [-0.1, -0.05) is 34.1 Å². The zero-order valence-corrected chi connectivity index (χ0v) is 15.1. The smallest absolute Gasteiger partial charge is 0.253 e. The Balaban J connectivity index is 1.66. The maximum absolute atomic E-state index is 12.4. The molecule has 6 heteroatoms. The maximum atomic E-state index is 12.4. The molecule has 0 aliphatic rings. The number of halogens is 1. The van der Waals surface area contributed by atoms with Crippen molar-refractivity contribution in [3.8, 4) is 0 Å². The number of hydrogen-bond acceptors (Lipinski definition) is 3. The quantitative estimate of drug-likeness (QED) is 0.705. The summed E-state index contributed by atoms with van der Waals surface area (Å²) in [7, 11) is 0. The molecule has 0 fully saturated rings. The molecule has 1 heterocycles. The van der Waals surface area contributed by atoms with E-state index in [4.69, 9.17) is 0 Å². The maximum Gasteiger partial charge on any atom is 0.253 e. The van der Waals surface area contributed by atoms with Crippen molar-refractivity contribution in [2.75, 3.05) is 11.9 Å². The number of para-hydroxylation sites is 1. The van der Waals surface area contributed by atoms with E-state index < -0.39 is 0 Å². The molecule has 3 aromatic rings. The summed E-state index contributed by atoms with van der Waals surface area (Å²) in [6.07, 6.45) is 1.64. The Bertz CT molecular complexity index is 951. The summed E-state index contributed by atoms with van der Waals surface area (Å²) >= 11 is 3.38. The van der Waals surface area contributed by atoms with Crippen molar-refractivity contribution in [2.24, 2.45) is 0 Å². The Morgan fingerprint density at radius 2 is 1.92 bits per heavy atom. The minimum absolute atomic E-state index is 0.114. The lowest BCUT2D eigenvalue weighted by molar-refractivity contribution is -0.115. The third-order valence-corrected chi connectivity index (χ3v) is 4.24. The Hall–Kier alpha value is -2.73. The van der Waals surface area contributed by atoms with Gasteiger partial charge in [-0.05, 0) is 42.8 Å².